The van der Waals surface area contributed by atoms with Crippen LogP contribution in [0.4, 0.5) is 0 Å². The van der Waals surface area contributed by atoms with Crippen LogP contribution in [0.15, 0.2) is 30.4 Å². The van der Waals surface area contributed by atoms with Crippen LogP contribution in [-0.4, -0.2) is 58.8 Å². The summed E-state index contributed by atoms with van der Waals surface area (Å²) in [5, 5.41) is 0.641. The van der Waals surface area contributed by atoms with Gasteiger partial charge in [0.25, 0.3) is 0 Å². The van der Waals surface area contributed by atoms with Crippen LogP contribution in [0.2, 0.25) is 0 Å². The van der Waals surface area contributed by atoms with Crippen LogP contribution >= 0.6 is 0 Å². The minimum atomic E-state index is -2.64. The Morgan fingerprint density at radius 2 is 2.14 bits per heavy atom. The lowest BCUT2D eigenvalue weighted by atomic mass is 9.79. The van der Waals surface area contributed by atoms with Gasteiger partial charge in [0.05, 0.1) is 12.8 Å². The summed E-state index contributed by atoms with van der Waals surface area (Å²) >= 11 is 0. The molecule has 28 heavy (non-hydrogen) atoms. The van der Waals surface area contributed by atoms with Crippen molar-refractivity contribution < 1.29 is 23.3 Å². The molecular formula is C23H29N3O2. The van der Waals surface area contributed by atoms with Crippen molar-refractivity contribution in [2.24, 2.45) is 5.92 Å². The van der Waals surface area contributed by atoms with Crippen LogP contribution < -0.4 is 0 Å². The van der Waals surface area contributed by atoms with Crippen LogP contribution in [0.25, 0.3) is 16.5 Å². The molecule has 4 rings (SSSR count). The number of likely N-dealkylation sites (N-methyl/N-ethyl adjacent to an activating group) is 1. The van der Waals surface area contributed by atoms with Crippen molar-refractivity contribution >= 4 is 28.3 Å². The molecule has 1 aromatic heterocycles. The summed E-state index contributed by atoms with van der Waals surface area (Å²) < 4.78 is 80.1. The second-order valence-electron chi connectivity index (χ2n) is 7.17. The van der Waals surface area contributed by atoms with E-state index in [2.05, 4.69) is 0 Å². The van der Waals surface area contributed by atoms with Gasteiger partial charge in [-0.15, -0.1) is 0 Å². The van der Waals surface area contributed by atoms with E-state index in [9.17, 15) is 9.59 Å². The fraction of sp³-hybridized carbons (Fsp3) is 0.478. The first-order chi connectivity index (χ1) is 17.4. The average Bonchev–Trinajstić information content (AvgIpc) is 3.07. The molecule has 0 N–H and O–H groups in total. The standard InChI is InChI=1S/C23H29N3O2/c1-5-21(27)26-14-15-12-20-18(17-9-8-10-19(26)22(15)17)11-16(13-24(20)4)23(28)25(6-2)7-3/h8-11,14,16,20H,5-7,12-13H2,1-4H3/t16-,20-/m1/s1/i2D3,3D3,4D3,14D. The first-order valence-electron chi connectivity index (χ1n) is 14.4. The number of carbonyl (C=O) groups is 2. The summed E-state index contributed by atoms with van der Waals surface area (Å²) in [7, 11) is 0. The summed E-state index contributed by atoms with van der Waals surface area (Å²) in [4.78, 5) is 28.2. The quantitative estimate of drug-likeness (QED) is 0.805. The number of fused-ring (bicyclic) bond motifs is 2. The number of carbonyl (C=O) groups excluding carboxylic acids is 2. The highest BCUT2D eigenvalue weighted by atomic mass is 16.2. The van der Waals surface area contributed by atoms with Crippen molar-refractivity contribution in [1.29, 1.82) is 0 Å². The molecule has 0 saturated carbocycles. The highest BCUT2D eigenvalue weighted by molar-refractivity contribution is 6.03. The maximum Gasteiger partial charge on any atom is 0.230 e. The lowest BCUT2D eigenvalue weighted by Gasteiger charge is -2.40. The Hall–Kier alpha value is -2.40. The largest absolute Gasteiger partial charge is 0.343 e. The molecule has 5 nitrogen and oxygen atoms in total. The van der Waals surface area contributed by atoms with Gasteiger partial charge < -0.3 is 4.90 Å². The van der Waals surface area contributed by atoms with E-state index in [0.717, 1.165) is 4.90 Å². The van der Waals surface area contributed by atoms with Crippen LogP contribution in [-0.2, 0) is 11.2 Å². The number of aromatic nitrogens is 1. The van der Waals surface area contributed by atoms with E-state index >= 15 is 0 Å². The molecular weight excluding hydrogens is 350 g/mol. The summed E-state index contributed by atoms with van der Waals surface area (Å²) in [5.74, 6) is -2.17. The number of amides is 1. The molecule has 2 atom stereocenters. The zero-order valence-corrected chi connectivity index (χ0v) is 15.7. The van der Waals surface area contributed by atoms with Gasteiger partial charge in [-0.1, -0.05) is 25.1 Å². The fourth-order valence-corrected chi connectivity index (χ4v) is 4.20. The third-order valence-electron chi connectivity index (χ3n) is 5.61. The van der Waals surface area contributed by atoms with E-state index < -0.39 is 51.6 Å². The molecule has 1 amide bonds. The third-order valence-corrected chi connectivity index (χ3v) is 5.61. The van der Waals surface area contributed by atoms with E-state index in [1.54, 1.807) is 31.2 Å². The number of hydrogen-bond acceptors (Lipinski definition) is 3. The van der Waals surface area contributed by atoms with Gasteiger partial charge in [-0.25, -0.2) is 0 Å². The number of hydrogen-bond donors (Lipinski definition) is 0. The first kappa shape index (κ1) is 10.4. The molecule has 1 aliphatic carbocycles. The molecule has 0 spiro atoms. The van der Waals surface area contributed by atoms with Gasteiger partial charge in [0.1, 0.15) is 0 Å². The molecule has 1 aliphatic heterocycles. The summed E-state index contributed by atoms with van der Waals surface area (Å²) in [5.41, 5.74) is 2.18. The summed E-state index contributed by atoms with van der Waals surface area (Å²) in [6.07, 6.45) is 1.91. The van der Waals surface area contributed by atoms with Crippen molar-refractivity contribution in [2.75, 3.05) is 26.6 Å². The summed E-state index contributed by atoms with van der Waals surface area (Å²) in [6, 6.07) is 4.44. The van der Waals surface area contributed by atoms with E-state index in [-0.39, 0.29) is 31.5 Å². The zero-order valence-electron chi connectivity index (χ0n) is 25.7. The minimum absolute atomic E-state index is 0.00331. The van der Waals surface area contributed by atoms with E-state index in [4.69, 9.17) is 13.7 Å². The maximum atomic E-state index is 13.6. The van der Waals surface area contributed by atoms with Gasteiger partial charge in [-0.2, -0.15) is 0 Å². The molecule has 1 aromatic carbocycles. The Morgan fingerprint density at radius 1 is 1.32 bits per heavy atom. The predicted octanol–water partition coefficient (Wildman–Crippen LogP) is 3.43. The molecule has 148 valence electrons. The molecule has 2 heterocycles. The highest BCUT2D eigenvalue weighted by Crippen LogP contribution is 2.41. The normalized spacial score (nSPS) is 28.0. The van der Waals surface area contributed by atoms with Gasteiger partial charge in [0.15, 0.2) is 0 Å². The molecule has 0 radical (unpaired) electrons. The number of nitrogens with zero attached hydrogens (tertiary/aromatic N) is 3. The van der Waals surface area contributed by atoms with Crippen LogP contribution in [0.5, 0.6) is 0 Å². The van der Waals surface area contributed by atoms with E-state index in [1.165, 1.54) is 9.47 Å². The van der Waals surface area contributed by atoms with E-state index in [1.807, 2.05) is 0 Å². The Labute approximate surface area is 180 Å². The Balaban J connectivity index is 1.87. The molecule has 2 aliphatic rings. The summed E-state index contributed by atoms with van der Waals surface area (Å²) in [6.45, 7) is -8.03. The second-order valence-corrected chi connectivity index (χ2v) is 7.17. The predicted molar refractivity (Wildman–Crippen MR) is 112 cm³/mol. The van der Waals surface area contributed by atoms with Crippen molar-refractivity contribution in [1.82, 2.24) is 14.4 Å². The lowest BCUT2D eigenvalue weighted by molar-refractivity contribution is -0.134. The Bertz CT molecular complexity index is 1290. The van der Waals surface area contributed by atoms with Crippen molar-refractivity contribution in [3.05, 3.63) is 41.6 Å². The smallest absolute Gasteiger partial charge is 0.230 e. The minimum Gasteiger partial charge on any atom is -0.343 e. The lowest BCUT2D eigenvalue weighted by Crippen LogP contribution is -2.47. The van der Waals surface area contributed by atoms with E-state index in [0.29, 0.717) is 27.6 Å². The molecule has 0 unspecified atom stereocenters. The third kappa shape index (κ3) is 2.80. The van der Waals surface area contributed by atoms with Crippen molar-refractivity contribution in [3.8, 4) is 0 Å². The highest BCUT2D eigenvalue weighted by Gasteiger charge is 2.37. The Kier molecular flexibility index (Phi) is 2.68. The van der Waals surface area contributed by atoms with Gasteiger partial charge in [-0.3, -0.25) is 19.1 Å². The molecule has 5 heteroatoms. The molecule has 0 bridgehead atoms. The first-order valence-corrected chi connectivity index (χ1v) is 9.36. The van der Waals surface area contributed by atoms with Crippen molar-refractivity contribution in [3.63, 3.8) is 0 Å². The van der Waals surface area contributed by atoms with Crippen molar-refractivity contribution in [2.45, 2.75) is 39.5 Å². The number of benzene rings is 1. The van der Waals surface area contributed by atoms with Crippen LogP contribution in [0.3, 0.4) is 0 Å². The molecule has 0 saturated heterocycles. The monoisotopic (exact) mass is 389 g/mol. The van der Waals surface area contributed by atoms with Gasteiger partial charge in [0.2, 0.25) is 11.8 Å². The molecule has 0 fully saturated rings. The van der Waals surface area contributed by atoms with Gasteiger partial charge in [0, 0.05) is 56.0 Å². The van der Waals surface area contributed by atoms with Gasteiger partial charge >= 0.3 is 0 Å². The fourth-order valence-electron chi connectivity index (χ4n) is 4.20. The van der Waals surface area contributed by atoms with Crippen LogP contribution in [0, 0.1) is 5.92 Å². The molecule has 2 aromatic rings. The SMILES string of the molecule is [2H]c1c2c3c(cccc3n1C(=O)CC)C1=C[C@@H](C(=O)N(CC([2H])([2H])[2H])CC([2H])([2H])[2H])CN(C([2H])([2H])[2H])[C@@H]1C2. The maximum absolute atomic E-state index is 13.6. The second kappa shape index (κ2) is 7.21. The Morgan fingerprint density at radius 3 is 2.86 bits per heavy atom. The average molecular weight is 390 g/mol. The number of rotatable bonds is 4. The van der Waals surface area contributed by atoms with Gasteiger partial charge in [-0.05, 0) is 49.9 Å². The van der Waals surface area contributed by atoms with Crippen LogP contribution in [0.1, 0.15) is 56.7 Å². The zero-order chi connectivity index (χ0) is 28.4. The topological polar surface area (TPSA) is 45.6 Å².